The number of nitrogens with zero attached hydrogens (tertiary/aromatic N) is 3. The molecule has 0 spiro atoms. The number of ether oxygens (including phenoxy) is 1. The molecule has 222 valence electrons. The second-order valence-corrected chi connectivity index (χ2v) is 9.98. The second-order valence-electron chi connectivity index (χ2n) is 9.98. The number of rotatable bonds is 6. The van der Waals surface area contributed by atoms with Gasteiger partial charge in [0.25, 0.3) is 5.89 Å². The first-order chi connectivity index (χ1) is 20.1. The predicted octanol–water partition coefficient (Wildman–Crippen LogP) is 5.87. The Balaban J connectivity index is 0.000000830. The van der Waals surface area contributed by atoms with Gasteiger partial charge in [0.15, 0.2) is 0 Å². The van der Waals surface area contributed by atoms with Crippen LogP contribution in [-0.2, 0) is 6.18 Å². The van der Waals surface area contributed by atoms with Crippen molar-refractivity contribution in [1.29, 1.82) is 0 Å². The van der Waals surface area contributed by atoms with Crippen LogP contribution in [0, 0.1) is 5.92 Å². The summed E-state index contributed by atoms with van der Waals surface area (Å²) >= 11 is 0. The number of hydrogen-bond donors (Lipinski definition) is 4. The number of alkyl halides is 3. The fraction of sp³-hybridized carbons (Fsp3) is 0.357. The van der Waals surface area contributed by atoms with Gasteiger partial charge < -0.3 is 34.4 Å². The fourth-order valence-corrected chi connectivity index (χ4v) is 5.16. The van der Waals surface area contributed by atoms with E-state index in [1.54, 1.807) is 36.4 Å². The number of aliphatic hydroxyl groups is 1. The van der Waals surface area contributed by atoms with E-state index in [0.717, 1.165) is 6.54 Å². The number of hydrogen-bond acceptors (Lipinski definition) is 9. The Morgan fingerprint density at radius 2 is 1.71 bits per heavy atom. The van der Waals surface area contributed by atoms with E-state index in [9.17, 15) is 18.3 Å². The van der Waals surface area contributed by atoms with E-state index in [4.69, 9.17) is 28.8 Å². The number of aromatic nitrogens is 3. The Morgan fingerprint density at radius 1 is 1.00 bits per heavy atom. The molecule has 2 atom stereocenters. The van der Waals surface area contributed by atoms with E-state index >= 15 is 0 Å². The highest BCUT2D eigenvalue weighted by Gasteiger charge is 2.43. The highest BCUT2D eigenvalue weighted by molar-refractivity contribution is 5.71. The van der Waals surface area contributed by atoms with Crippen molar-refractivity contribution in [1.82, 2.24) is 20.6 Å². The van der Waals surface area contributed by atoms with E-state index < -0.39 is 35.7 Å². The number of aliphatic hydroxyl groups excluding tert-OH is 1. The third-order valence-corrected chi connectivity index (χ3v) is 7.18. The van der Waals surface area contributed by atoms with Gasteiger partial charge in [-0.2, -0.15) is 18.2 Å². The van der Waals surface area contributed by atoms with E-state index in [0.29, 0.717) is 22.8 Å². The van der Waals surface area contributed by atoms with E-state index in [1.807, 2.05) is 0 Å². The van der Waals surface area contributed by atoms with Gasteiger partial charge in [0, 0.05) is 16.7 Å². The standard InChI is InChI=1S/C27H25F3N4O4.CH2O3/c28-27(29,30)21-22(16-8-2-1-3-9-16)33-37-24(21)26-32-25(34-38-26)17-10-11-18-20(12-17)36-14-19(23(18)35)31-13-15-6-4-5-7-15;2-1(3)4/h1-3,8-12,15,19,23,31,35H,4-7,13-14H2;(H2,2,3,4)/t19-,23+;/m0./s1. The fourth-order valence-electron chi connectivity index (χ4n) is 5.16. The smallest absolute Gasteiger partial charge is 0.491 e. The Labute approximate surface area is 236 Å². The lowest BCUT2D eigenvalue weighted by Gasteiger charge is -2.32. The van der Waals surface area contributed by atoms with Gasteiger partial charge in [-0.3, -0.25) is 0 Å². The zero-order valence-electron chi connectivity index (χ0n) is 22.0. The van der Waals surface area contributed by atoms with Crippen molar-refractivity contribution in [3.05, 3.63) is 59.7 Å². The van der Waals surface area contributed by atoms with Crippen LogP contribution in [0.3, 0.4) is 0 Å². The molecule has 6 rings (SSSR count). The summed E-state index contributed by atoms with van der Waals surface area (Å²) in [7, 11) is 0. The van der Waals surface area contributed by atoms with Crippen LogP contribution in [0.4, 0.5) is 18.0 Å². The molecule has 2 aromatic carbocycles. The van der Waals surface area contributed by atoms with Gasteiger partial charge in [0.1, 0.15) is 29.7 Å². The molecule has 1 aliphatic heterocycles. The summed E-state index contributed by atoms with van der Waals surface area (Å²) in [4.78, 5) is 12.7. The lowest BCUT2D eigenvalue weighted by atomic mass is 9.96. The third kappa shape index (κ3) is 6.39. The third-order valence-electron chi connectivity index (χ3n) is 7.18. The molecule has 1 fully saturated rings. The van der Waals surface area contributed by atoms with Gasteiger partial charge in [-0.05, 0) is 31.4 Å². The SMILES string of the molecule is O=C(O)O.O[C@@H]1c2ccc(-c3noc(-c4onc(-c5ccccc5)c4C(F)(F)F)n3)cc2OC[C@@H]1NCC1CCCC1. The first kappa shape index (κ1) is 29.1. The molecule has 4 N–H and O–H groups in total. The summed E-state index contributed by atoms with van der Waals surface area (Å²) in [5.41, 5.74) is -0.127. The molecule has 14 heteroatoms. The van der Waals surface area contributed by atoms with Crippen molar-refractivity contribution in [2.24, 2.45) is 5.92 Å². The maximum atomic E-state index is 14.0. The molecular weight excluding hydrogens is 561 g/mol. The minimum Gasteiger partial charge on any atom is -0.491 e. The van der Waals surface area contributed by atoms with Crippen molar-refractivity contribution >= 4 is 6.16 Å². The monoisotopic (exact) mass is 588 g/mol. The summed E-state index contributed by atoms with van der Waals surface area (Å²) in [5.74, 6) is 0.0348. The summed E-state index contributed by atoms with van der Waals surface area (Å²) in [6.07, 6.45) is -2.45. The quantitative estimate of drug-likeness (QED) is 0.213. The lowest BCUT2D eigenvalue weighted by Crippen LogP contribution is -2.44. The highest BCUT2D eigenvalue weighted by atomic mass is 19.4. The minimum atomic E-state index is -4.77. The van der Waals surface area contributed by atoms with Crippen molar-refractivity contribution in [3.63, 3.8) is 0 Å². The van der Waals surface area contributed by atoms with Crippen LogP contribution in [0.1, 0.15) is 42.9 Å². The minimum absolute atomic E-state index is 0.0492. The van der Waals surface area contributed by atoms with Crippen LogP contribution >= 0.6 is 0 Å². The molecule has 4 aromatic rings. The van der Waals surface area contributed by atoms with Gasteiger partial charge in [-0.25, -0.2) is 4.79 Å². The van der Waals surface area contributed by atoms with Crippen LogP contribution < -0.4 is 10.1 Å². The number of carboxylic acid groups (broad SMARTS) is 2. The first-order valence-electron chi connectivity index (χ1n) is 13.2. The predicted molar refractivity (Wildman–Crippen MR) is 141 cm³/mol. The molecule has 1 saturated carbocycles. The average molecular weight is 589 g/mol. The molecule has 1 aliphatic carbocycles. The van der Waals surface area contributed by atoms with Crippen LogP contribution in [0.25, 0.3) is 34.3 Å². The summed E-state index contributed by atoms with van der Waals surface area (Å²) in [6, 6.07) is 12.7. The molecule has 0 amide bonds. The largest absolute Gasteiger partial charge is 0.503 e. The highest BCUT2D eigenvalue weighted by Crippen LogP contribution is 2.43. The molecule has 42 heavy (non-hydrogen) atoms. The Kier molecular flexibility index (Phi) is 8.45. The number of halogens is 3. The van der Waals surface area contributed by atoms with Crippen molar-refractivity contribution in [3.8, 4) is 40.0 Å². The van der Waals surface area contributed by atoms with Crippen molar-refractivity contribution in [2.75, 3.05) is 13.2 Å². The van der Waals surface area contributed by atoms with Gasteiger partial charge in [-0.1, -0.05) is 65.6 Å². The van der Waals surface area contributed by atoms with Gasteiger partial charge in [0.05, 0.1) is 6.04 Å². The topological polar surface area (TPSA) is 164 Å². The van der Waals surface area contributed by atoms with E-state index in [1.165, 1.54) is 37.8 Å². The van der Waals surface area contributed by atoms with Crippen LogP contribution in [-0.4, -0.2) is 56.0 Å². The van der Waals surface area contributed by atoms with Crippen LogP contribution in [0.5, 0.6) is 5.75 Å². The number of carbonyl (C=O) groups is 1. The Bertz CT molecular complexity index is 1510. The van der Waals surface area contributed by atoms with Crippen molar-refractivity contribution in [2.45, 2.75) is 44.0 Å². The lowest BCUT2D eigenvalue weighted by molar-refractivity contribution is -0.137. The second kappa shape index (κ2) is 12.2. The molecule has 3 heterocycles. The Hall–Kier alpha value is -4.43. The average Bonchev–Trinajstić information content (AvgIpc) is 3.73. The Morgan fingerprint density at radius 3 is 2.40 bits per heavy atom. The van der Waals surface area contributed by atoms with Gasteiger partial charge in [-0.15, -0.1) is 0 Å². The summed E-state index contributed by atoms with van der Waals surface area (Å²) in [6.45, 7) is 1.13. The molecular formula is C28H27F3N4O7. The molecule has 11 nitrogen and oxygen atoms in total. The number of benzene rings is 2. The molecule has 2 aromatic heterocycles. The van der Waals surface area contributed by atoms with Gasteiger partial charge in [0.2, 0.25) is 11.6 Å². The van der Waals surface area contributed by atoms with Crippen molar-refractivity contribution < 1.29 is 47.1 Å². The van der Waals surface area contributed by atoms with Gasteiger partial charge >= 0.3 is 12.3 Å². The van der Waals surface area contributed by atoms with Crippen LogP contribution in [0.15, 0.2) is 57.6 Å². The molecule has 0 unspecified atom stereocenters. The zero-order chi connectivity index (χ0) is 29.9. The zero-order valence-corrected chi connectivity index (χ0v) is 22.0. The van der Waals surface area contributed by atoms with E-state index in [-0.39, 0.29) is 29.7 Å². The molecule has 0 bridgehead atoms. The summed E-state index contributed by atoms with van der Waals surface area (Å²) in [5, 5.41) is 35.8. The normalized spacial score (nSPS) is 18.6. The number of nitrogens with one attached hydrogen (secondary N) is 1. The molecule has 0 saturated heterocycles. The molecule has 0 radical (unpaired) electrons. The van der Waals surface area contributed by atoms with E-state index in [2.05, 4.69) is 20.6 Å². The molecule has 2 aliphatic rings. The van der Waals surface area contributed by atoms with Crippen LogP contribution in [0.2, 0.25) is 0 Å². The number of fused-ring (bicyclic) bond motifs is 1. The first-order valence-corrected chi connectivity index (χ1v) is 13.2. The maximum Gasteiger partial charge on any atom is 0.503 e. The maximum absolute atomic E-state index is 14.0. The summed E-state index contributed by atoms with van der Waals surface area (Å²) < 4.78 is 58.1.